The van der Waals surface area contributed by atoms with Crippen molar-refractivity contribution in [2.75, 3.05) is 12.4 Å². The fraction of sp³-hybridized carbons (Fsp3) is 0.632. The Balaban J connectivity index is 2.20. The molecule has 7 heteroatoms. The molecule has 0 bridgehead atoms. The number of hydrogen-bond acceptors (Lipinski definition) is 6. The highest BCUT2D eigenvalue weighted by atomic mass is 32.2. The molecule has 1 aromatic rings. The highest BCUT2D eigenvalue weighted by molar-refractivity contribution is 7.85. The number of aliphatic hydroxyl groups excluding tert-OH is 1. The van der Waals surface area contributed by atoms with E-state index in [0.29, 0.717) is 11.3 Å². The molecule has 4 unspecified atom stereocenters. The summed E-state index contributed by atoms with van der Waals surface area (Å²) in [6.07, 6.45) is -1.24. The van der Waals surface area contributed by atoms with Crippen LogP contribution in [-0.4, -0.2) is 51.2 Å². The maximum Gasteiger partial charge on any atom is 0.344 e. The van der Waals surface area contributed by atoms with E-state index in [2.05, 4.69) is 0 Å². The lowest BCUT2D eigenvalue weighted by Gasteiger charge is -2.34. The molecule has 2 rings (SSSR count). The van der Waals surface area contributed by atoms with Gasteiger partial charge in [-0.05, 0) is 45.7 Å². The summed E-state index contributed by atoms with van der Waals surface area (Å²) in [5.74, 6) is -1.46. The molecular formula is C19H28O6S. The van der Waals surface area contributed by atoms with E-state index < -0.39 is 40.4 Å². The van der Waals surface area contributed by atoms with Crippen molar-refractivity contribution < 1.29 is 28.3 Å². The van der Waals surface area contributed by atoms with Crippen molar-refractivity contribution in [3.05, 3.63) is 30.3 Å². The van der Waals surface area contributed by atoms with Gasteiger partial charge < -0.3 is 19.3 Å². The molecule has 0 aliphatic carbocycles. The van der Waals surface area contributed by atoms with Crippen LogP contribution in [-0.2, 0) is 29.8 Å². The van der Waals surface area contributed by atoms with Crippen molar-refractivity contribution in [2.24, 2.45) is 0 Å². The largest absolute Gasteiger partial charge is 0.464 e. The first-order chi connectivity index (χ1) is 12.3. The maximum atomic E-state index is 12.7. The molecule has 4 atom stereocenters. The molecule has 0 saturated carbocycles. The number of benzene rings is 1. The van der Waals surface area contributed by atoms with Crippen LogP contribution in [0, 0.1) is 0 Å². The second-order valence-electron chi connectivity index (χ2n) is 6.70. The lowest BCUT2D eigenvalue weighted by Crippen LogP contribution is -2.58. The van der Waals surface area contributed by atoms with Crippen molar-refractivity contribution in [1.29, 1.82) is 0 Å². The molecule has 1 saturated heterocycles. The highest BCUT2D eigenvalue weighted by Gasteiger charge is 2.62. The van der Waals surface area contributed by atoms with Gasteiger partial charge in [0.1, 0.15) is 6.10 Å². The van der Waals surface area contributed by atoms with Crippen LogP contribution in [0.4, 0.5) is 0 Å². The number of esters is 1. The standard InChI is InChI=1S/C19H28O6S/c1-5-16-19(17(21)23-6-2,25-18(3,4)24-16)15(20)12-13-26(22)14-10-8-7-9-11-14/h7-11,15-16,20H,5-6,12-13H2,1-4H3. The van der Waals surface area contributed by atoms with Gasteiger partial charge in [0.2, 0.25) is 5.60 Å². The molecule has 0 amide bonds. The van der Waals surface area contributed by atoms with Gasteiger partial charge in [0.25, 0.3) is 0 Å². The van der Waals surface area contributed by atoms with Gasteiger partial charge in [0, 0.05) is 10.6 Å². The van der Waals surface area contributed by atoms with E-state index in [0.717, 1.165) is 0 Å². The molecule has 1 aromatic carbocycles. The van der Waals surface area contributed by atoms with Gasteiger partial charge in [-0.1, -0.05) is 25.1 Å². The number of ether oxygens (including phenoxy) is 3. The third kappa shape index (κ3) is 4.34. The molecule has 146 valence electrons. The van der Waals surface area contributed by atoms with Crippen molar-refractivity contribution in [3.63, 3.8) is 0 Å². The number of carbonyl (C=O) groups is 1. The number of carbonyl (C=O) groups excluding carboxylic acids is 1. The Hall–Kier alpha value is -1.28. The predicted molar refractivity (Wildman–Crippen MR) is 98.0 cm³/mol. The van der Waals surface area contributed by atoms with Crippen molar-refractivity contribution in [3.8, 4) is 0 Å². The van der Waals surface area contributed by atoms with Crippen LogP contribution < -0.4 is 0 Å². The van der Waals surface area contributed by atoms with E-state index >= 15 is 0 Å². The van der Waals surface area contributed by atoms with Crippen LogP contribution in [0.25, 0.3) is 0 Å². The van der Waals surface area contributed by atoms with Crippen molar-refractivity contribution in [2.45, 2.75) is 69.0 Å². The number of rotatable bonds is 8. The lowest BCUT2D eigenvalue weighted by atomic mass is 9.87. The lowest BCUT2D eigenvalue weighted by molar-refractivity contribution is -0.206. The van der Waals surface area contributed by atoms with Gasteiger partial charge in [0.15, 0.2) is 5.79 Å². The summed E-state index contributed by atoms with van der Waals surface area (Å²) in [5.41, 5.74) is -1.62. The van der Waals surface area contributed by atoms with Crippen molar-refractivity contribution >= 4 is 16.8 Å². The van der Waals surface area contributed by atoms with Crippen LogP contribution in [0.1, 0.15) is 40.5 Å². The summed E-state index contributed by atoms with van der Waals surface area (Å²) in [5, 5.41) is 10.9. The normalized spacial score (nSPS) is 27.0. The monoisotopic (exact) mass is 384 g/mol. The van der Waals surface area contributed by atoms with Crippen LogP contribution in [0.3, 0.4) is 0 Å². The fourth-order valence-electron chi connectivity index (χ4n) is 3.27. The molecule has 6 nitrogen and oxygen atoms in total. The molecule has 0 spiro atoms. The van der Waals surface area contributed by atoms with E-state index in [4.69, 9.17) is 14.2 Å². The summed E-state index contributed by atoms with van der Waals surface area (Å²) >= 11 is 0. The second-order valence-corrected chi connectivity index (χ2v) is 8.27. The van der Waals surface area contributed by atoms with Gasteiger partial charge >= 0.3 is 5.97 Å². The zero-order chi connectivity index (χ0) is 19.4. The minimum Gasteiger partial charge on any atom is -0.464 e. The summed E-state index contributed by atoms with van der Waals surface area (Å²) in [7, 11) is -1.28. The number of aliphatic hydroxyl groups is 1. The topological polar surface area (TPSA) is 82.1 Å². The summed E-state index contributed by atoms with van der Waals surface area (Å²) in [6, 6.07) is 9.02. The quantitative estimate of drug-likeness (QED) is 0.693. The second kappa shape index (κ2) is 8.61. The van der Waals surface area contributed by atoms with Gasteiger partial charge in [-0.15, -0.1) is 0 Å². The minimum absolute atomic E-state index is 0.121. The van der Waals surface area contributed by atoms with Gasteiger partial charge in [-0.3, -0.25) is 4.21 Å². The molecule has 1 aliphatic heterocycles. The van der Waals surface area contributed by atoms with Crippen LogP contribution in [0.15, 0.2) is 35.2 Å². The predicted octanol–water partition coefficient (Wildman–Crippen LogP) is 2.41. The van der Waals surface area contributed by atoms with E-state index in [1.165, 1.54) is 0 Å². The Bertz CT molecular complexity index is 632. The Morgan fingerprint density at radius 3 is 2.54 bits per heavy atom. The third-order valence-electron chi connectivity index (χ3n) is 4.36. The van der Waals surface area contributed by atoms with E-state index in [-0.39, 0.29) is 18.8 Å². The summed E-state index contributed by atoms with van der Waals surface area (Å²) < 4.78 is 29.4. The SMILES string of the molecule is CCOC(=O)C1(C(O)CCS(=O)c2ccccc2)OC(C)(C)OC1CC. The van der Waals surface area contributed by atoms with Gasteiger partial charge in [-0.2, -0.15) is 0 Å². The summed E-state index contributed by atoms with van der Waals surface area (Å²) in [4.78, 5) is 13.4. The minimum atomic E-state index is -1.62. The first kappa shape index (κ1) is 21.0. The van der Waals surface area contributed by atoms with Crippen LogP contribution in [0.5, 0.6) is 0 Å². The van der Waals surface area contributed by atoms with Crippen LogP contribution >= 0.6 is 0 Å². The van der Waals surface area contributed by atoms with Gasteiger partial charge in [0.05, 0.1) is 23.5 Å². The molecule has 0 radical (unpaired) electrons. The van der Waals surface area contributed by atoms with Gasteiger partial charge in [-0.25, -0.2) is 4.79 Å². The number of hydrogen-bond donors (Lipinski definition) is 1. The van der Waals surface area contributed by atoms with E-state index in [9.17, 15) is 14.1 Å². The Kier molecular flexibility index (Phi) is 6.96. The van der Waals surface area contributed by atoms with E-state index in [1.807, 2.05) is 25.1 Å². The summed E-state index contributed by atoms with van der Waals surface area (Å²) in [6.45, 7) is 7.13. The Labute approximate surface area is 157 Å². The fourth-order valence-corrected chi connectivity index (χ4v) is 4.41. The highest BCUT2D eigenvalue weighted by Crippen LogP contribution is 2.42. The average molecular weight is 384 g/mol. The first-order valence-corrected chi connectivity index (χ1v) is 10.3. The smallest absolute Gasteiger partial charge is 0.344 e. The zero-order valence-electron chi connectivity index (χ0n) is 15.8. The first-order valence-electron chi connectivity index (χ1n) is 8.93. The van der Waals surface area contributed by atoms with Crippen LogP contribution in [0.2, 0.25) is 0 Å². The Morgan fingerprint density at radius 2 is 1.96 bits per heavy atom. The molecule has 1 heterocycles. The average Bonchev–Trinajstić information content (AvgIpc) is 2.92. The molecule has 1 aliphatic rings. The molecule has 1 N–H and O–H groups in total. The Morgan fingerprint density at radius 1 is 1.31 bits per heavy atom. The molecule has 26 heavy (non-hydrogen) atoms. The van der Waals surface area contributed by atoms with E-state index in [1.54, 1.807) is 32.9 Å². The van der Waals surface area contributed by atoms with Crippen molar-refractivity contribution in [1.82, 2.24) is 0 Å². The molecule has 0 aromatic heterocycles. The molecule has 1 fully saturated rings. The molecular weight excluding hydrogens is 356 g/mol. The third-order valence-corrected chi connectivity index (χ3v) is 5.77. The maximum absolute atomic E-state index is 12.7. The zero-order valence-corrected chi connectivity index (χ0v) is 16.6.